The molecule has 0 aliphatic heterocycles. The Morgan fingerprint density at radius 2 is 2.00 bits per heavy atom. The number of nitrogens with one attached hydrogen (secondary N) is 2. The second-order valence-corrected chi connectivity index (χ2v) is 6.77. The number of para-hydroxylation sites is 1. The maximum atomic E-state index is 12.5. The largest absolute Gasteiger partial charge is 0.384 e. The first kappa shape index (κ1) is 19.8. The van der Waals surface area contributed by atoms with E-state index in [4.69, 9.17) is 5.73 Å². The number of carbonyl (C=O) groups excluding carboxylic acids is 1. The molecule has 8 nitrogen and oxygen atoms in total. The summed E-state index contributed by atoms with van der Waals surface area (Å²) in [6, 6.07) is 7.17. The molecule has 1 amide bonds. The van der Waals surface area contributed by atoms with Gasteiger partial charge in [0.1, 0.15) is 5.69 Å². The van der Waals surface area contributed by atoms with Crippen LogP contribution in [0.5, 0.6) is 0 Å². The van der Waals surface area contributed by atoms with Crippen LogP contribution >= 0.6 is 11.3 Å². The van der Waals surface area contributed by atoms with Gasteiger partial charge in [-0.25, -0.2) is 4.98 Å². The predicted molar refractivity (Wildman–Crippen MR) is 104 cm³/mol. The highest BCUT2D eigenvalue weighted by Crippen LogP contribution is 2.30. The van der Waals surface area contributed by atoms with Crippen LogP contribution in [0.1, 0.15) is 41.7 Å². The molecule has 4 N–H and O–H groups in total. The first-order chi connectivity index (χ1) is 12.5. The second kappa shape index (κ2) is 9.83. The molecule has 0 saturated carbocycles. The minimum Gasteiger partial charge on any atom is -0.384 e. The summed E-state index contributed by atoms with van der Waals surface area (Å²) < 4.78 is 0. The molecule has 26 heavy (non-hydrogen) atoms. The summed E-state index contributed by atoms with van der Waals surface area (Å²) in [5.74, 6) is -0.347. The minimum atomic E-state index is -0.497. The van der Waals surface area contributed by atoms with Gasteiger partial charge in [0.25, 0.3) is 5.91 Å². The third-order valence-corrected chi connectivity index (χ3v) is 4.80. The van der Waals surface area contributed by atoms with Gasteiger partial charge in [0.05, 0.1) is 10.5 Å². The Kier molecular flexibility index (Phi) is 7.49. The molecule has 2 rings (SSSR count). The van der Waals surface area contributed by atoms with Crippen molar-refractivity contribution in [2.24, 2.45) is 5.73 Å². The molecule has 9 heteroatoms. The maximum Gasteiger partial charge on any atom is 0.348 e. The zero-order chi connectivity index (χ0) is 18.9. The fourth-order valence-corrected chi connectivity index (χ4v) is 3.23. The number of benzene rings is 1. The van der Waals surface area contributed by atoms with Gasteiger partial charge in [-0.15, -0.1) is 0 Å². The summed E-state index contributed by atoms with van der Waals surface area (Å²) in [6.45, 7) is 3.02. The van der Waals surface area contributed by atoms with E-state index < -0.39 is 4.92 Å². The Morgan fingerprint density at radius 1 is 1.27 bits per heavy atom. The molecule has 0 unspecified atom stereocenters. The fraction of sp³-hybridized carbons (Fsp3) is 0.412. The molecule has 0 saturated heterocycles. The number of unbranched alkanes of at least 4 members (excludes halogenated alkanes) is 3. The highest BCUT2D eigenvalue weighted by Gasteiger charge is 2.20. The number of thiazole rings is 1. The molecule has 0 atom stereocenters. The van der Waals surface area contributed by atoms with Gasteiger partial charge in [-0.2, -0.15) is 0 Å². The van der Waals surface area contributed by atoms with Crippen molar-refractivity contribution in [2.75, 3.05) is 23.7 Å². The average molecular weight is 377 g/mol. The summed E-state index contributed by atoms with van der Waals surface area (Å²) in [5, 5.41) is 17.0. The van der Waals surface area contributed by atoms with Gasteiger partial charge < -0.3 is 11.1 Å². The predicted octanol–water partition coefficient (Wildman–Crippen LogP) is 3.54. The average Bonchev–Trinajstić information content (AvgIpc) is 2.98. The quantitative estimate of drug-likeness (QED) is 0.330. The van der Waals surface area contributed by atoms with E-state index in [1.165, 1.54) is 0 Å². The van der Waals surface area contributed by atoms with Crippen LogP contribution in [-0.2, 0) is 0 Å². The van der Waals surface area contributed by atoms with Crippen molar-refractivity contribution in [3.8, 4) is 0 Å². The molecule has 0 aliphatic rings. The lowest BCUT2D eigenvalue weighted by Crippen LogP contribution is -2.15. The fourth-order valence-electron chi connectivity index (χ4n) is 2.46. The lowest BCUT2D eigenvalue weighted by atomic mass is 10.1. The number of aromatic nitrogens is 1. The van der Waals surface area contributed by atoms with Crippen molar-refractivity contribution >= 4 is 33.1 Å². The zero-order valence-corrected chi connectivity index (χ0v) is 15.5. The topological polar surface area (TPSA) is 123 Å². The van der Waals surface area contributed by atoms with Crippen LogP contribution in [0.4, 0.5) is 15.8 Å². The van der Waals surface area contributed by atoms with Gasteiger partial charge in [0, 0.05) is 12.2 Å². The van der Waals surface area contributed by atoms with Gasteiger partial charge in [-0.3, -0.25) is 20.2 Å². The number of amides is 1. The number of anilines is 2. The molecule has 0 bridgehead atoms. The first-order valence-corrected chi connectivity index (χ1v) is 9.30. The number of hydrogen-bond acceptors (Lipinski definition) is 7. The minimum absolute atomic E-state index is 0.0656. The van der Waals surface area contributed by atoms with Crippen molar-refractivity contribution in [1.29, 1.82) is 0 Å². The molecule has 1 aromatic heterocycles. The Hall–Kier alpha value is -2.52. The van der Waals surface area contributed by atoms with Crippen LogP contribution in [0, 0.1) is 17.0 Å². The molecule has 1 aromatic carbocycles. The molecule has 140 valence electrons. The van der Waals surface area contributed by atoms with E-state index in [-0.39, 0.29) is 16.0 Å². The van der Waals surface area contributed by atoms with Gasteiger partial charge in [-0.05, 0) is 49.8 Å². The van der Waals surface area contributed by atoms with Crippen molar-refractivity contribution in [3.63, 3.8) is 0 Å². The summed E-state index contributed by atoms with van der Waals surface area (Å²) in [6.07, 6.45) is 4.20. The van der Waals surface area contributed by atoms with Crippen LogP contribution in [0.2, 0.25) is 0 Å². The summed E-state index contributed by atoms with van der Waals surface area (Å²) in [5.41, 5.74) is 6.97. The number of rotatable bonds is 10. The molecule has 0 aliphatic carbocycles. The summed E-state index contributed by atoms with van der Waals surface area (Å²) in [7, 11) is 0. The lowest BCUT2D eigenvalue weighted by Gasteiger charge is -2.11. The smallest absolute Gasteiger partial charge is 0.348 e. The Balaban J connectivity index is 1.98. The molecule has 0 radical (unpaired) electrons. The van der Waals surface area contributed by atoms with Gasteiger partial charge in [-0.1, -0.05) is 25.0 Å². The molecule has 1 heterocycles. The summed E-state index contributed by atoms with van der Waals surface area (Å²) >= 11 is 0.853. The number of nitro groups is 1. The number of aryl methyl sites for hydroxylation is 1. The van der Waals surface area contributed by atoms with Crippen LogP contribution in [0.15, 0.2) is 24.3 Å². The second-order valence-electron chi connectivity index (χ2n) is 5.80. The summed E-state index contributed by atoms with van der Waals surface area (Å²) in [4.78, 5) is 27.0. The van der Waals surface area contributed by atoms with Crippen LogP contribution in [-0.4, -0.2) is 28.9 Å². The van der Waals surface area contributed by atoms with E-state index in [1.54, 1.807) is 19.1 Å². The van der Waals surface area contributed by atoms with Crippen LogP contribution < -0.4 is 16.4 Å². The molecular weight excluding hydrogens is 354 g/mol. The lowest BCUT2D eigenvalue weighted by molar-refractivity contribution is -0.380. The normalized spacial score (nSPS) is 10.5. The molecule has 0 fully saturated rings. The Bertz CT molecular complexity index is 763. The van der Waals surface area contributed by atoms with Crippen LogP contribution in [0.3, 0.4) is 0 Å². The van der Waals surface area contributed by atoms with Crippen molar-refractivity contribution in [1.82, 2.24) is 4.98 Å². The number of nitrogens with two attached hydrogens (primary N) is 1. The van der Waals surface area contributed by atoms with E-state index in [0.29, 0.717) is 17.8 Å². The van der Waals surface area contributed by atoms with E-state index >= 15 is 0 Å². The van der Waals surface area contributed by atoms with E-state index in [9.17, 15) is 14.9 Å². The van der Waals surface area contributed by atoms with E-state index in [1.807, 2.05) is 12.1 Å². The van der Waals surface area contributed by atoms with Gasteiger partial charge >= 0.3 is 5.00 Å². The third kappa shape index (κ3) is 5.50. The van der Waals surface area contributed by atoms with E-state index in [2.05, 4.69) is 15.6 Å². The monoisotopic (exact) mass is 377 g/mol. The highest BCUT2D eigenvalue weighted by atomic mass is 32.1. The van der Waals surface area contributed by atoms with E-state index in [0.717, 1.165) is 49.3 Å². The third-order valence-electron chi connectivity index (χ3n) is 3.78. The SMILES string of the molecule is Cc1nc(NC(=O)c2ccccc2NCCCCCCN)sc1[N+](=O)[O-]. The Morgan fingerprint density at radius 3 is 2.69 bits per heavy atom. The van der Waals surface area contributed by atoms with Crippen LogP contribution in [0.25, 0.3) is 0 Å². The first-order valence-electron chi connectivity index (χ1n) is 8.49. The van der Waals surface area contributed by atoms with Crippen molar-refractivity contribution in [3.05, 3.63) is 45.6 Å². The zero-order valence-electron chi connectivity index (χ0n) is 14.7. The molecular formula is C17H23N5O3S. The number of carbonyl (C=O) groups is 1. The van der Waals surface area contributed by atoms with Crippen molar-refractivity contribution < 1.29 is 9.72 Å². The van der Waals surface area contributed by atoms with Gasteiger partial charge in [0.15, 0.2) is 5.13 Å². The highest BCUT2D eigenvalue weighted by molar-refractivity contribution is 7.19. The maximum absolute atomic E-state index is 12.5. The standard InChI is InChI=1S/C17H23N5O3S/c1-12-16(22(24)25)26-17(20-12)21-15(23)13-8-4-5-9-14(13)19-11-7-3-2-6-10-18/h4-5,8-9,19H,2-3,6-7,10-11,18H2,1H3,(H,20,21,23). The molecule has 2 aromatic rings. The Labute approximate surface area is 156 Å². The molecule has 0 spiro atoms. The van der Waals surface area contributed by atoms with Crippen molar-refractivity contribution in [2.45, 2.75) is 32.6 Å². The number of nitrogens with zero attached hydrogens (tertiary/aromatic N) is 2. The number of hydrogen-bond donors (Lipinski definition) is 3. The van der Waals surface area contributed by atoms with Gasteiger partial charge in [0.2, 0.25) is 0 Å².